The van der Waals surface area contributed by atoms with Gasteiger partial charge in [-0.3, -0.25) is 4.79 Å². The van der Waals surface area contributed by atoms with Crippen molar-refractivity contribution in [2.75, 3.05) is 6.54 Å². The largest absolute Gasteiger partial charge is 0.478 e. The van der Waals surface area contributed by atoms with Crippen LogP contribution in [0.15, 0.2) is 36.4 Å². The molecule has 1 aromatic rings. The van der Waals surface area contributed by atoms with Crippen LogP contribution in [0.1, 0.15) is 69.4 Å². The predicted molar refractivity (Wildman–Crippen MR) is 108 cm³/mol. The molecule has 0 fully saturated rings. The van der Waals surface area contributed by atoms with Gasteiger partial charge >= 0.3 is 5.97 Å². The van der Waals surface area contributed by atoms with Crippen LogP contribution in [0.2, 0.25) is 0 Å². The van der Waals surface area contributed by atoms with Gasteiger partial charge in [-0.05, 0) is 29.7 Å². The molecular formula is C22H31NO3. The molecule has 0 bridgehead atoms. The fraction of sp³-hybridized carbons (Fsp3) is 0.455. The monoisotopic (exact) mass is 357 g/mol. The highest BCUT2D eigenvalue weighted by atomic mass is 16.4. The highest BCUT2D eigenvalue weighted by molar-refractivity contribution is 5.91. The van der Waals surface area contributed by atoms with Crippen molar-refractivity contribution in [2.45, 2.75) is 58.3 Å². The first-order valence-electron chi connectivity index (χ1n) is 9.59. The first-order chi connectivity index (χ1) is 12.6. The highest BCUT2D eigenvalue weighted by Crippen LogP contribution is 2.09. The topological polar surface area (TPSA) is 66.4 Å². The van der Waals surface area contributed by atoms with Gasteiger partial charge in [0.1, 0.15) is 0 Å². The average molecular weight is 357 g/mol. The third-order valence-electron chi connectivity index (χ3n) is 4.11. The Morgan fingerprint density at radius 1 is 0.846 bits per heavy atom. The zero-order valence-electron chi connectivity index (χ0n) is 15.7. The first-order valence-corrected chi connectivity index (χ1v) is 9.59. The zero-order chi connectivity index (χ0) is 19.0. The van der Waals surface area contributed by atoms with Crippen LogP contribution in [0, 0.1) is 0 Å². The maximum Gasteiger partial charge on any atom is 0.328 e. The van der Waals surface area contributed by atoms with E-state index in [1.54, 1.807) is 6.08 Å². The average Bonchev–Trinajstić information content (AvgIpc) is 2.64. The maximum atomic E-state index is 11.8. The van der Waals surface area contributed by atoms with E-state index >= 15 is 0 Å². The smallest absolute Gasteiger partial charge is 0.328 e. The van der Waals surface area contributed by atoms with E-state index < -0.39 is 5.97 Å². The number of benzene rings is 1. The molecule has 1 aromatic carbocycles. The Balaban J connectivity index is 2.17. The lowest BCUT2D eigenvalue weighted by molar-refractivity contribution is -0.131. The Labute approximate surface area is 157 Å². The summed E-state index contributed by atoms with van der Waals surface area (Å²) in [5, 5.41) is 11.5. The second-order valence-electron chi connectivity index (χ2n) is 6.44. The van der Waals surface area contributed by atoms with Crippen molar-refractivity contribution in [1.82, 2.24) is 5.32 Å². The fourth-order valence-corrected chi connectivity index (χ4v) is 2.59. The summed E-state index contributed by atoms with van der Waals surface area (Å²) in [7, 11) is 0. The number of hydrogen-bond acceptors (Lipinski definition) is 2. The van der Waals surface area contributed by atoms with Gasteiger partial charge in [0.15, 0.2) is 0 Å². The Hall–Kier alpha value is -2.36. The van der Waals surface area contributed by atoms with Gasteiger partial charge in [0.05, 0.1) is 0 Å². The summed E-state index contributed by atoms with van der Waals surface area (Å²) in [6, 6.07) is 7.34. The second-order valence-corrected chi connectivity index (χ2v) is 6.44. The Morgan fingerprint density at radius 3 is 1.88 bits per heavy atom. The summed E-state index contributed by atoms with van der Waals surface area (Å²) >= 11 is 0. The number of amides is 1. The van der Waals surface area contributed by atoms with Gasteiger partial charge in [0.25, 0.3) is 0 Å². The number of rotatable bonds is 13. The lowest BCUT2D eigenvalue weighted by Gasteiger charge is -2.03. The minimum absolute atomic E-state index is 0.0807. The van der Waals surface area contributed by atoms with Crippen molar-refractivity contribution in [1.29, 1.82) is 0 Å². The second kappa shape index (κ2) is 13.9. The molecule has 142 valence electrons. The molecule has 4 heteroatoms. The molecule has 1 rings (SSSR count). The molecule has 0 heterocycles. The van der Waals surface area contributed by atoms with E-state index in [0.29, 0.717) is 0 Å². The van der Waals surface area contributed by atoms with Crippen LogP contribution in [0.4, 0.5) is 0 Å². The van der Waals surface area contributed by atoms with Gasteiger partial charge in [0, 0.05) is 18.7 Å². The Kier molecular flexibility index (Phi) is 11.6. The third kappa shape index (κ3) is 11.2. The molecule has 0 aliphatic rings. The van der Waals surface area contributed by atoms with Crippen LogP contribution in [-0.4, -0.2) is 23.5 Å². The van der Waals surface area contributed by atoms with Gasteiger partial charge in [-0.2, -0.15) is 0 Å². The van der Waals surface area contributed by atoms with Gasteiger partial charge in [0.2, 0.25) is 5.91 Å². The van der Waals surface area contributed by atoms with Crippen molar-refractivity contribution in [3.05, 3.63) is 47.5 Å². The SMILES string of the molecule is CCCCCCCCCCNC(=O)/C=C/c1ccc(/C=C/C(=O)O)cc1. The number of carbonyl (C=O) groups is 2. The first kappa shape index (κ1) is 21.7. The van der Waals surface area contributed by atoms with Gasteiger partial charge < -0.3 is 10.4 Å². The van der Waals surface area contributed by atoms with Crippen LogP contribution in [0.3, 0.4) is 0 Å². The summed E-state index contributed by atoms with van der Waals surface area (Å²) in [6.07, 6.45) is 16.0. The molecule has 1 amide bonds. The van der Waals surface area contributed by atoms with E-state index in [1.165, 1.54) is 57.1 Å². The number of carbonyl (C=O) groups excluding carboxylic acids is 1. The molecule has 0 aliphatic heterocycles. The van der Waals surface area contributed by atoms with E-state index in [4.69, 9.17) is 5.11 Å². The number of carboxylic acids is 1. The predicted octanol–water partition coefficient (Wildman–Crippen LogP) is 5.05. The zero-order valence-corrected chi connectivity index (χ0v) is 15.7. The third-order valence-corrected chi connectivity index (χ3v) is 4.11. The quantitative estimate of drug-likeness (QED) is 0.383. The Bertz CT molecular complexity index is 588. The molecule has 4 nitrogen and oxygen atoms in total. The van der Waals surface area contributed by atoms with Crippen molar-refractivity contribution < 1.29 is 14.7 Å². The fourth-order valence-electron chi connectivity index (χ4n) is 2.59. The van der Waals surface area contributed by atoms with Crippen molar-refractivity contribution >= 4 is 24.0 Å². The van der Waals surface area contributed by atoms with E-state index in [1.807, 2.05) is 24.3 Å². The Morgan fingerprint density at radius 2 is 1.35 bits per heavy atom. The van der Waals surface area contributed by atoms with E-state index in [9.17, 15) is 9.59 Å². The van der Waals surface area contributed by atoms with Crippen LogP contribution in [0.25, 0.3) is 12.2 Å². The molecule has 26 heavy (non-hydrogen) atoms. The van der Waals surface area contributed by atoms with Crippen molar-refractivity contribution in [3.8, 4) is 0 Å². The number of hydrogen-bond donors (Lipinski definition) is 2. The van der Waals surface area contributed by atoms with Crippen molar-refractivity contribution in [3.63, 3.8) is 0 Å². The summed E-state index contributed by atoms with van der Waals surface area (Å²) in [6.45, 7) is 2.95. The molecule has 2 N–H and O–H groups in total. The highest BCUT2D eigenvalue weighted by Gasteiger charge is 1.96. The molecule has 0 aliphatic carbocycles. The maximum absolute atomic E-state index is 11.8. The molecule has 0 saturated carbocycles. The van der Waals surface area contributed by atoms with Gasteiger partial charge in [-0.25, -0.2) is 4.79 Å². The summed E-state index contributed by atoms with van der Waals surface area (Å²) in [4.78, 5) is 22.3. The van der Waals surface area contributed by atoms with Gasteiger partial charge in [-0.15, -0.1) is 0 Å². The van der Waals surface area contributed by atoms with Crippen LogP contribution >= 0.6 is 0 Å². The van der Waals surface area contributed by atoms with E-state index in [2.05, 4.69) is 12.2 Å². The van der Waals surface area contributed by atoms with Crippen LogP contribution < -0.4 is 5.32 Å². The summed E-state index contributed by atoms with van der Waals surface area (Å²) < 4.78 is 0. The lowest BCUT2D eigenvalue weighted by Crippen LogP contribution is -2.21. The number of carboxylic acid groups (broad SMARTS) is 1. The molecule has 0 unspecified atom stereocenters. The number of unbranched alkanes of at least 4 members (excludes halogenated alkanes) is 7. The standard InChI is InChI=1S/C22H31NO3/c1-2-3-4-5-6-7-8-9-18-23-21(24)16-14-19-10-12-20(13-11-19)15-17-22(25)26/h10-17H,2-9,18H2,1H3,(H,23,24)(H,25,26)/b16-14+,17-15+. The molecule has 0 atom stereocenters. The number of aliphatic carboxylic acids is 1. The van der Waals surface area contributed by atoms with Crippen LogP contribution in [-0.2, 0) is 9.59 Å². The number of nitrogens with one attached hydrogen (secondary N) is 1. The van der Waals surface area contributed by atoms with E-state index in [0.717, 1.165) is 30.2 Å². The molecular weight excluding hydrogens is 326 g/mol. The minimum atomic E-state index is -0.970. The lowest BCUT2D eigenvalue weighted by atomic mass is 10.1. The summed E-state index contributed by atoms with van der Waals surface area (Å²) in [5.41, 5.74) is 1.71. The summed E-state index contributed by atoms with van der Waals surface area (Å²) in [5.74, 6) is -1.05. The molecule has 0 radical (unpaired) electrons. The normalized spacial score (nSPS) is 11.3. The molecule has 0 saturated heterocycles. The van der Waals surface area contributed by atoms with Gasteiger partial charge in [-0.1, -0.05) is 76.1 Å². The minimum Gasteiger partial charge on any atom is -0.478 e. The molecule has 0 spiro atoms. The van der Waals surface area contributed by atoms with E-state index in [-0.39, 0.29) is 5.91 Å². The van der Waals surface area contributed by atoms with Crippen LogP contribution in [0.5, 0.6) is 0 Å². The van der Waals surface area contributed by atoms with Crippen molar-refractivity contribution in [2.24, 2.45) is 0 Å². The molecule has 0 aromatic heterocycles.